The van der Waals surface area contributed by atoms with Crippen molar-refractivity contribution in [1.82, 2.24) is 10.3 Å². The van der Waals surface area contributed by atoms with Crippen LogP contribution in [-0.4, -0.2) is 25.0 Å². The zero-order chi connectivity index (χ0) is 14.5. The molecular formula is C15H16BrN3O. The van der Waals surface area contributed by atoms with E-state index in [9.17, 15) is 4.79 Å². The minimum Gasteiger partial charge on any atom is -0.378 e. The summed E-state index contributed by atoms with van der Waals surface area (Å²) >= 11 is 3.24. The second kappa shape index (κ2) is 6.52. The van der Waals surface area contributed by atoms with Gasteiger partial charge in [0.25, 0.3) is 5.91 Å². The highest BCUT2D eigenvalue weighted by Gasteiger charge is 2.05. The molecule has 0 spiro atoms. The fraction of sp³-hybridized carbons (Fsp3) is 0.200. The molecule has 0 aliphatic carbocycles. The zero-order valence-electron chi connectivity index (χ0n) is 11.4. The lowest BCUT2D eigenvalue weighted by Gasteiger charge is -2.12. The highest BCUT2D eigenvalue weighted by molar-refractivity contribution is 9.10. The van der Waals surface area contributed by atoms with Crippen LogP contribution in [0.5, 0.6) is 0 Å². The van der Waals surface area contributed by atoms with Crippen LogP contribution in [0.15, 0.2) is 47.2 Å². The fourth-order valence-electron chi connectivity index (χ4n) is 1.71. The summed E-state index contributed by atoms with van der Waals surface area (Å²) < 4.78 is 0.716. The minimum atomic E-state index is -0.123. The number of carbonyl (C=O) groups excluding carboxylic acids is 1. The third kappa shape index (κ3) is 3.81. The van der Waals surface area contributed by atoms with Gasteiger partial charge in [-0.25, -0.2) is 4.98 Å². The van der Waals surface area contributed by atoms with Gasteiger partial charge in [0.1, 0.15) is 4.60 Å². The van der Waals surface area contributed by atoms with Crippen molar-refractivity contribution in [2.24, 2.45) is 0 Å². The second-order valence-corrected chi connectivity index (χ2v) is 5.43. The Kier molecular flexibility index (Phi) is 4.74. The van der Waals surface area contributed by atoms with E-state index in [1.54, 1.807) is 18.3 Å². The van der Waals surface area contributed by atoms with Gasteiger partial charge >= 0.3 is 0 Å². The first-order valence-corrected chi connectivity index (χ1v) is 7.01. The lowest BCUT2D eigenvalue weighted by molar-refractivity contribution is 0.0950. The fourth-order valence-corrected chi connectivity index (χ4v) is 1.94. The maximum Gasteiger partial charge on any atom is 0.253 e. The van der Waals surface area contributed by atoms with E-state index in [4.69, 9.17) is 0 Å². The lowest BCUT2D eigenvalue weighted by Crippen LogP contribution is -2.22. The van der Waals surface area contributed by atoms with Crippen molar-refractivity contribution in [2.75, 3.05) is 19.0 Å². The number of aromatic nitrogens is 1. The standard InChI is InChI=1S/C15H16BrN3O/c1-19(2)13-6-3-11(4-7-13)9-18-15(20)12-5-8-14(16)17-10-12/h3-8,10H,9H2,1-2H3,(H,18,20). The van der Waals surface area contributed by atoms with E-state index < -0.39 is 0 Å². The van der Waals surface area contributed by atoms with Crippen molar-refractivity contribution in [3.63, 3.8) is 0 Å². The summed E-state index contributed by atoms with van der Waals surface area (Å²) in [5.41, 5.74) is 2.75. The molecule has 4 nitrogen and oxygen atoms in total. The third-order valence-corrected chi connectivity index (χ3v) is 3.36. The highest BCUT2D eigenvalue weighted by Crippen LogP contribution is 2.12. The van der Waals surface area contributed by atoms with Gasteiger partial charge in [-0.1, -0.05) is 12.1 Å². The molecule has 0 atom stereocenters. The Morgan fingerprint density at radius 3 is 2.45 bits per heavy atom. The van der Waals surface area contributed by atoms with Gasteiger partial charge in [0.15, 0.2) is 0 Å². The number of halogens is 1. The van der Waals surface area contributed by atoms with Gasteiger partial charge in [0.05, 0.1) is 5.56 Å². The topological polar surface area (TPSA) is 45.2 Å². The second-order valence-electron chi connectivity index (χ2n) is 4.61. The summed E-state index contributed by atoms with van der Waals surface area (Å²) in [6.45, 7) is 0.503. The van der Waals surface area contributed by atoms with Gasteiger partial charge < -0.3 is 10.2 Å². The smallest absolute Gasteiger partial charge is 0.253 e. The molecule has 2 aromatic rings. The van der Waals surface area contributed by atoms with Crippen molar-refractivity contribution in [3.8, 4) is 0 Å². The number of rotatable bonds is 4. The lowest BCUT2D eigenvalue weighted by atomic mass is 10.2. The average molecular weight is 334 g/mol. The van der Waals surface area contributed by atoms with E-state index in [0.29, 0.717) is 16.7 Å². The Bertz CT molecular complexity index is 579. The van der Waals surface area contributed by atoms with Crippen LogP contribution < -0.4 is 10.2 Å². The first kappa shape index (κ1) is 14.5. The molecule has 0 saturated carbocycles. The highest BCUT2D eigenvalue weighted by atomic mass is 79.9. The quantitative estimate of drug-likeness (QED) is 0.875. The molecule has 20 heavy (non-hydrogen) atoms. The van der Waals surface area contributed by atoms with Crippen molar-refractivity contribution >= 4 is 27.5 Å². The molecule has 5 heteroatoms. The number of carbonyl (C=O) groups is 1. The molecule has 0 aliphatic heterocycles. The van der Waals surface area contributed by atoms with Crippen molar-refractivity contribution in [2.45, 2.75) is 6.54 Å². The van der Waals surface area contributed by atoms with Gasteiger partial charge in [-0.3, -0.25) is 4.79 Å². The summed E-state index contributed by atoms with van der Waals surface area (Å²) in [7, 11) is 3.99. The maximum atomic E-state index is 11.9. The number of hydrogen-bond donors (Lipinski definition) is 1. The number of pyridine rings is 1. The molecule has 2 rings (SSSR count). The van der Waals surface area contributed by atoms with Gasteiger partial charge in [-0.05, 0) is 45.8 Å². The van der Waals surface area contributed by atoms with Crippen LogP contribution in [-0.2, 0) is 6.54 Å². The number of amides is 1. The first-order chi connectivity index (χ1) is 9.56. The molecule has 104 valence electrons. The minimum absolute atomic E-state index is 0.123. The van der Waals surface area contributed by atoms with Crippen LogP contribution in [0.1, 0.15) is 15.9 Å². The van der Waals surface area contributed by atoms with Gasteiger partial charge in [-0.2, -0.15) is 0 Å². The number of nitrogens with zero attached hydrogens (tertiary/aromatic N) is 2. The van der Waals surface area contributed by atoms with Crippen molar-refractivity contribution in [1.29, 1.82) is 0 Å². The molecule has 0 saturated heterocycles. The average Bonchev–Trinajstić information content (AvgIpc) is 2.46. The molecule has 0 radical (unpaired) electrons. The summed E-state index contributed by atoms with van der Waals surface area (Å²) in [6.07, 6.45) is 1.55. The van der Waals surface area contributed by atoms with E-state index in [0.717, 1.165) is 11.3 Å². The zero-order valence-corrected chi connectivity index (χ0v) is 13.0. The van der Waals surface area contributed by atoms with Crippen LogP contribution in [0.3, 0.4) is 0 Å². The Hall–Kier alpha value is -1.88. The molecule has 0 aliphatic rings. The van der Waals surface area contributed by atoms with Crippen LogP contribution >= 0.6 is 15.9 Å². The molecule has 1 aromatic carbocycles. The SMILES string of the molecule is CN(C)c1ccc(CNC(=O)c2ccc(Br)nc2)cc1. The van der Waals surface area contributed by atoms with E-state index in [1.165, 1.54) is 0 Å². The van der Waals surface area contributed by atoms with E-state index in [-0.39, 0.29) is 5.91 Å². The van der Waals surface area contributed by atoms with Crippen molar-refractivity contribution in [3.05, 3.63) is 58.3 Å². The van der Waals surface area contributed by atoms with Crippen LogP contribution in [0, 0.1) is 0 Å². The molecule has 0 fully saturated rings. The van der Waals surface area contributed by atoms with E-state index in [1.807, 2.05) is 43.3 Å². The normalized spacial score (nSPS) is 10.2. The van der Waals surface area contributed by atoms with Crippen molar-refractivity contribution < 1.29 is 4.79 Å². The Balaban J connectivity index is 1.94. The Morgan fingerprint density at radius 2 is 1.90 bits per heavy atom. The summed E-state index contributed by atoms with van der Waals surface area (Å²) in [5, 5.41) is 2.88. The van der Waals surface area contributed by atoms with Crippen LogP contribution in [0.25, 0.3) is 0 Å². The number of benzene rings is 1. The van der Waals surface area contributed by atoms with E-state index in [2.05, 4.69) is 26.2 Å². The third-order valence-electron chi connectivity index (χ3n) is 2.90. The van der Waals surface area contributed by atoms with Gasteiger partial charge in [0.2, 0.25) is 0 Å². The maximum absolute atomic E-state index is 11.9. The molecule has 1 N–H and O–H groups in total. The first-order valence-electron chi connectivity index (χ1n) is 6.22. The van der Waals surface area contributed by atoms with Crippen LogP contribution in [0.4, 0.5) is 5.69 Å². The predicted octanol–water partition coefficient (Wildman–Crippen LogP) is 2.84. The Morgan fingerprint density at radius 1 is 1.20 bits per heavy atom. The summed E-state index contributed by atoms with van der Waals surface area (Å²) in [4.78, 5) is 18.0. The van der Waals surface area contributed by atoms with Gasteiger partial charge in [-0.15, -0.1) is 0 Å². The van der Waals surface area contributed by atoms with Crippen LogP contribution in [0.2, 0.25) is 0 Å². The Labute approximate surface area is 127 Å². The molecule has 1 aromatic heterocycles. The molecule has 1 amide bonds. The predicted molar refractivity (Wildman–Crippen MR) is 83.9 cm³/mol. The van der Waals surface area contributed by atoms with Gasteiger partial charge in [0, 0.05) is 32.5 Å². The summed E-state index contributed by atoms with van der Waals surface area (Å²) in [6, 6.07) is 11.6. The largest absolute Gasteiger partial charge is 0.378 e. The van der Waals surface area contributed by atoms with E-state index >= 15 is 0 Å². The summed E-state index contributed by atoms with van der Waals surface area (Å²) in [5.74, 6) is -0.123. The molecule has 1 heterocycles. The monoisotopic (exact) mass is 333 g/mol. The number of nitrogens with one attached hydrogen (secondary N) is 1. The molecule has 0 unspecified atom stereocenters. The number of hydrogen-bond acceptors (Lipinski definition) is 3. The number of anilines is 1. The molecule has 0 bridgehead atoms. The molecular weight excluding hydrogens is 318 g/mol.